The van der Waals surface area contributed by atoms with E-state index in [0.717, 1.165) is 31.6 Å². The lowest BCUT2D eigenvalue weighted by molar-refractivity contribution is -0.113. The lowest BCUT2D eigenvalue weighted by Crippen LogP contribution is -2.29. The number of halogens is 1. The van der Waals surface area contributed by atoms with Crippen LogP contribution >= 0.6 is 0 Å². The van der Waals surface area contributed by atoms with E-state index < -0.39 is 27.5 Å². The quantitative estimate of drug-likeness (QED) is 0.619. The van der Waals surface area contributed by atoms with Crippen molar-refractivity contribution in [1.29, 1.82) is 0 Å². The highest BCUT2D eigenvalue weighted by Gasteiger charge is 2.18. The van der Waals surface area contributed by atoms with Gasteiger partial charge in [-0.1, -0.05) is 0 Å². The number of hydrogen-bond acceptors (Lipinski definition) is 5. The summed E-state index contributed by atoms with van der Waals surface area (Å²) in [7, 11) is -2.14. The van der Waals surface area contributed by atoms with Crippen LogP contribution in [0, 0.1) is 5.82 Å². The molecule has 174 valence electrons. The summed E-state index contributed by atoms with van der Waals surface area (Å²) in [5.41, 5.74) is 2.06. The molecule has 1 fully saturated rings. The fraction of sp³-hybridized carbons (Fsp3) is 0.435. The number of carbonyl (C=O) groups is 1. The van der Waals surface area contributed by atoms with Crippen molar-refractivity contribution in [3.05, 3.63) is 48.3 Å². The van der Waals surface area contributed by atoms with Crippen LogP contribution in [0.5, 0.6) is 0 Å². The molecule has 1 heterocycles. The van der Waals surface area contributed by atoms with Crippen LogP contribution in [0.25, 0.3) is 0 Å². The van der Waals surface area contributed by atoms with E-state index >= 15 is 0 Å². The van der Waals surface area contributed by atoms with E-state index in [1.807, 2.05) is 26.0 Å². The second-order valence-electron chi connectivity index (χ2n) is 8.37. The van der Waals surface area contributed by atoms with Crippen LogP contribution in [0.15, 0.2) is 42.5 Å². The van der Waals surface area contributed by atoms with Gasteiger partial charge in [-0.05, 0) is 75.6 Å². The van der Waals surface area contributed by atoms with Crippen molar-refractivity contribution < 1.29 is 17.6 Å². The first-order valence-electron chi connectivity index (χ1n) is 10.8. The smallest absolute Gasteiger partial charge is 0.241 e. The molecule has 32 heavy (non-hydrogen) atoms. The summed E-state index contributed by atoms with van der Waals surface area (Å²) in [6.45, 7) is 5.88. The fourth-order valence-corrected chi connectivity index (χ4v) is 4.61. The van der Waals surface area contributed by atoms with E-state index in [2.05, 4.69) is 14.9 Å². The highest BCUT2D eigenvalue weighted by molar-refractivity contribution is 7.93. The zero-order valence-corrected chi connectivity index (χ0v) is 19.6. The largest absolute Gasteiger partial charge is 0.372 e. The van der Waals surface area contributed by atoms with Gasteiger partial charge in [0, 0.05) is 43.2 Å². The monoisotopic (exact) mass is 462 g/mol. The molecule has 2 N–H and O–H groups in total. The summed E-state index contributed by atoms with van der Waals surface area (Å²) in [6.07, 6.45) is 3.55. The molecular formula is C23H31FN4O3S. The Morgan fingerprint density at radius 3 is 2.28 bits per heavy atom. The Morgan fingerprint density at radius 1 is 1.06 bits per heavy atom. The molecule has 0 spiro atoms. The standard InChI is InChI=1S/C23H31FN4O3S/c1-17(2)27(3)22-12-9-19(15-21(22)24)25-23(29)16-32(30,31)26-18-7-10-20(11-8-18)28-13-5-4-6-14-28/h7-12,15,17,26H,4-6,13-14,16H2,1-3H3,(H,25,29). The molecule has 1 aliphatic rings. The van der Waals surface area contributed by atoms with Gasteiger partial charge in [0.1, 0.15) is 11.6 Å². The molecule has 0 aliphatic carbocycles. The number of rotatable bonds is 8. The second-order valence-corrected chi connectivity index (χ2v) is 10.1. The van der Waals surface area contributed by atoms with Gasteiger partial charge >= 0.3 is 0 Å². The van der Waals surface area contributed by atoms with Crippen molar-refractivity contribution in [3.8, 4) is 0 Å². The van der Waals surface area contributed by atoms with Crippen LogP contribution in [-0.4, -0.2) is 46.3 Å². The number of nitrogens with one attached hydrogen (secondary N) is 2. The third-order valence-corrected chi connectivity index (χ3v) is 6.76. The van der Waals surface area contributed by atoms with Gasteiger partial charge in [0.05, 0.1) is 5.69 Å². The van der Waals surface area contributed by atoms with E-state index in [-0.39, 0.29) is 11.7 Å². The molecule has 2 aromatic rings. The predicted molar refractivity (Wildman–Crippen MR) is 128 cm³/mol. The molecule has 0 bridgehead atoms. The van der Waals surface area contributed by atoms with E-state index in [4.69, 9.17) is 0 Å². The van der Waals surface area contributed by atoms with Crippen molar-refractivity contribution in [2.45, 2.75) is 39.2 Å². The Bertz CT molecular complexity index is 1040. The molecule has 3 rings (SSSR count). The number of nitrogens with zero attached hydrogens (tertiary/aromatic N) is 2. The lowest BCUT2D eigenvalue weighted by Gasteiger charge is -2.28. The van der Waals surface area contributed by atoms with E-state index in [1.165, 1.54) is 12.5 Å². The summed E-state index contributed by atoms with van der Waals surface area (Å²) < 4.78 is 41.6. The van der Waals surface area contributed by atoms with Gasteiger partial charge in [-0.25, -0.2) is 12.8 Å². The first-order valence-corrected chi connectivity index (χ1v) is 12.5. The highest BCUT2D eigenvalue weighted by atomic mass is 32.2. The average molecular weight is 463 g/mol. The first kappa shape index (κ1) is 23.8. The Labute approximate surface area is 189 Å². The molecule has 0 radical (unpaired) electrons. The summed E-state index contributed by atoms with van der Waals surface area (Å²) in [5, 5.41) is 2.45. The van der Waals surface area contributed by atoms with Crippen LogP contribution in [-0.2, 0) is 14.8 Å². The molecule has 0 unspecified atom stereocenters. The van der Waals surface area contributed by atoms with Crippen molar-refractivity contribution in [2.24, 2.45) is 0 Å². The van der Waals surface area contributed by atoms with Crippen LogP contribution in [0.3, 0.4) is 0 Å². The number of hydrogen-bond donors (Lipinski definition) is 2. The Balaban J connectivity index is 1.58. The fourth-order valence-electron chi connectivity index (χ4n) is 3.63. The number of anilines is 4. The van der Waals surface area contributed by atoms with Gasteiger partial charge in [-0.3, -0.25) is 9.52 Å². The predicted octanol–water partition coefficient (Wildman–Crippen LogP) is 4.04. The third-order valence-electron chi connectivity index (χ3n) is 5.57. The third kappa shape index (κ3) is 6.35. The zero-order valence-electron chi connectivity index (χ0n) is 18.8. The minimum absolute atomic E-state index is 0.107. The first-order chi connectivity index (χ1) is 15.1. The summed E-state index contributed by atoms with van der Waals surface area (Å²) >= 11 is 0. The minimum atomic E-state index is -3.91. The number of amides is 1. The van der Waals surface area contributed by atoms with Crippen molar-refractivity contribution in [1.82, 2.24) is 0 Å². The number of benzene rings is 2. The van der Waals surface area contributed by atoms with Crippen molar-refractivity contribution in [2.75, 3.05) is 45.7 Å². The van der Waals surface area contributed by atoms with Crippen LogP contribution in [0.4, 0.5) is 27.1 Å². The van der Waals surface area contributed by atoms with E-state index in [0.29, 0.717) is 11.4 Å². The highest BCUT2D eigenvalue weighted by Crippen LogP contribution is 2.24. The van der Waals surface area contributed by atoms with Gasteiger partial charge in [0.15, 0.2) is 0 Å². The molecule has 7 nitrogen and oxygen atoms in total. The van der Waals surface area contributed by atoms with Crippen molar-refractivity contribution >= 4 is 38.7 Å². The SMILES string of the molecule is CC(C)N(C)c1ccc(NC(=O)CS(=O)(=O)Nc2ccc(N3CCCCC3)cc2)cc1F. The zero-order chi connectivity index (χ0) is 23.3. The topological polar surface area (TPSA) is 81.8 Å². The lowest BCUT2D eigenvalue weighted by atomic mass is 10.1. The second kappa shape index (κ2) is 10.2. The molecule has 0 aromatic heterocycles. The molecule has 0 atom stereocenters. The van der Waals surface area contributed by atoms with Crippen LogP contribution < -0.4 is 19.8 Å². The Kier molecular flexibility index (Phi) is 7.60. The average Bonchev–Trinajstić information content (AvgIpc) is 2.73. The number of sulfonamides is 1. The van der Waals surface area contributed by atoms with Gasteiger partial charge in [0.2, 0.25) is 15.9 Å². The normalized spacial score (nSPS) is 14.3. The van der Waals surface area contributed by atoms with Gasteiger partial charge in [0.25, 0.3) is 0 Å². The number of piperidine rings is 1. The molecule has 9 heteroatoms. The van der Waals surface area contributed by atoms with Gasteiger partial charge < -0.3 is 15.1 Å². The molecule has 2 aromatic carbocycles. The van der Waals surface area contributed by atoms with E-state index in [9.17, 15) is 17.6 Å². The minimum Gasteiger partial charge on any atom is -0.372 e. The van der Waals surface area contributed by atoms with Crippen molar-refractivity contribution in [3.63, 3.8) is 0 Å². The van der Waals surface area contributed by atoms with Crippen LogP contribution in [0.2, 0.25) is 0 Å². The van der Waals surface area contributed by atoms with Gasteiger partial charge in [-0.2, -0.15) is 0 Å². The Morgan fingerprint density at radius 2 is 1.69 bits per heavy atom. The molecule has 0 saturated carbocycles. The van der Waals surface area contributed by atoms with Crippen LogP contribution in [0.1, 0.15) is 33.1 Å². The maximum atomic E-state index is 14.4. The molecular weight excluding hydrogens is 431 g/mol. The molecule has 1 aliphatic heterocycles. The number of carbonyl (C=O) groups excluding carboxylic acids is 1. The van der Waals surface area contributed by atoms with Gasteiger partial charge in [-0.15, -0.1) is 0 Å². The summed E-state index contributed by atoms with van der Waals surface area (Å²) in [6, 6.07) is 11.5. The molecule has 1 amide bonds. The maximum Gasteiger partial charge on any atom is 0.241 e. The molecule has 1 saturated heterocycles. The van der Waals surface area contributed by atoms with E-state index in [1.54, 1.807) is 36.2 Å². The summed E-state index contributed by atoms with van der Waals surface area (Å²) in [5.74, 6) is -2.00. The summed E-state index contributed by atoms with van der Waals surface area (Å²) in [4.78, 5) is 16.3. The maximum absolute atomic E-state index is 14.4. The Hall–Kier alpha value is -2.81.